The smallest absolute Gasteiger partial charge is 0.260 e. The van der Waals surface area contributed by atoms with Gasteiger partial charge in [0.25, 0.3) is 5.91 Å². The molecule has 1 atom stereocenters. The first kappa shape index (κ1) is 10.4. The molecule has 0 fully saturated rings. The number of benzene rings is 1. The molecule has 0 saturated carbocycles. The number of nitrogens with zero attached hydrogens (tertiary/aromatic N) is 1. The Morgan fingerprint density at radius 1 is 1.62 bits per heavy atom. The third-order valence-electron chi connectivity index (χ3n) is 2.46. The number of fused-ring (bicyclic) bond motifs is 1. The van der Waals surface area contributed by atoms with E-state index in [2.05, 4.69) is 5.92 Å². The van der Waals surface area contributed by atoms with Crippen LogP contribution < -0.4 is 15.4 Å². The van der Waals surface area contributed by atoms with Crippen LogP contribution in [-0.2, 0) is 4.79 Å². The van der Waals surface area contributed by atoms with E-state index in [1.165, 1.54) is 0 Å². The van der Waals surface area contributed by atoms with Crippen molar-refractivity contribution in [1.82, 2.24) is 0 Å². The predicted molar refractivity (Wildman–Crippen MR) is 61.1 cm³/mol. The summed E-state index contributed by atoms with van der Waals surface area (Å²) in [5.74, 6) is 2.73. The van der Waals surface area contributed by atoms with Crippen LogP contribution in [0.4, 0.5) is 5.69 Å². The molecule has 1 aromatic carbocycles. The van der Waals surface area contributed by atoms with Gasteiger partial charge in [0.1, 0.15) is 5.75 Å². The van der Waals surface area contributed by atoms with Gasteiger partial charge in [-0.2, -0.15) is 0 Å². The minimum absolute atomic E-state index is 0.399. The van der Waals surface area contributed by atoms with Crippen molar-refractivity contribution in [2.24, 2.45) is 5.73 Å². The molecule has 1 unspecified atom stereocenters. The number of terminal acetylenes is 1. The molecular weight excluding hydrogens is 204 g/mol. The maximum Gasteiger partial charge on any atom is 0.260 e. The van der Waals surface area contributed by atoms with Gasteiger partial charge in [0.2, 0.25) is 0 Å². The van der Waals surface area contributed by atoms with E-state index in [9.17, 15) is 4.79 Å². The summed E-state index contributed by atoms with van der Waals surface area (Å²) in [6, 6.07) is 7.45. The van der Waals surface area contributed by atoms with Gasteiger partial charge in [-0.15, -0.1) is 6.42 Å². The van der Waals surface area contributed by atoms with Gasteiger partial charge < -0.3 is 15.4 Å². The molecule has 0 aromatic heterocycles. The van der Waals surface area contributed by atoms with E-state index < -0.39 is 12.0 Å². The fourth-order valence-corrected chi connectivity index (χ4v) is 1.72. The Morgan fingerprint density at radius 2 is 2.38 bits per heavy atom. The molecule has 1 amide bonds. The summed E-state index contributed by atoms with van der Waals surface area (Å²) >= 11 is 0. The van der Waals surface area contributed by atoms with E-state index in [0.717, 1.165) is 5.69 Å². The van der Waals surface area contributed by atoms with Crippen LogP contribution in [0, 0.1) is 12.3 Å². The summed E-state index contributed by atoms with van der Waals surface area (Å²) in [6.07, 6.45) is 4.65. The minimum Gasteiger partial charge on any atom is -0.477 e. The van der Waals surface area contributed by atoms with Crippen LogP contribution in [0.5, 0.6) is 5.75 Å². The zero-order valence-corrected chi connectivity index (χ0v) is 8.72. The zero-order chi connectivity index (χ0) is 11.5. The topological polar surface area (TPSA) is 55.6 Å². The molecule has 2 rings (SSSR count). The summed E-state index contributed by atoms with van der Waals surface area (Å²) in [5, 5.41) is 0. The maximum absolute atomic E-state index is 11.1. The molecule has 16 heavy (non-hydrogen) atoms. The molecule has 0 aliphatic carbocycles. The van der Waals surface area contributed by atoms with Crippen molar-refractivity contribution in [2.45, 2.75) is 6.10 Å². The number of amides is 1. The van der Waals surface area contributed by atoms with Crippen molar-refractivity contribution >= 4 is 11.6 Å². The molecule has 4 nitrogen and oxygen atoms in total. The first-order chi connectivity index (χ1) is 7.72. The van der Waals surface area contributed by atoms with Gasteiger partial charge in [0, 0.05) is 0 Å². The zero-order valence-electron chi connectivity index (χ0n) is 8.72. The Balaban J connectivity index is 2.34. The Morgan fingerprint density at radius 3 is 3.06 bits per heavy atom. The largest absolute Gasteiger partial charge is 0.477 e. The van der Waals surface area contributed by atoms with Crippen LogP contribution in [0.15, 0.2) is 24.3 Å². The Kier molecular flexibility index (Phi) is 2.69. The molecule has 0 spiro atoms. The third-order valence-corrected chi connectivity index (χ3v) is 2.46. The van der Waals surface area contributed by atoms with Gasteiger partial charge in [0.15, 0.2) is 6.10 Å². The Hall–Kier alpha value is -2.15. The van der Waals surface area contributed by atoms with Crippen LogP contribution in [0.1, 0.15) is 0 Å². The molecule has 1 aromatic rings. The SMILES string of the molecule is C#CCN1CC(C(N)=O)Oc2ccccc21. The summed E-state index contributed by atoms with van der Waals surface area (Å²) in [4.78, 5) is 13.0. The van der Waals surface area contributed by atoms with E-state index >= 15 is 0 Å². The van der Waals surface area contributed by atoms with Crippen molar-refractivity contribution in [2.75, 3.05) is 18.0 Å². The van der Waals surface area contributed by atoms with Gasteiger partial charge in [0.05, 0.1) is 18.8 Å². The highest BCUT2D eigenvalue weighted by molar-refractivity contribution is 5.81. The standard InChI is InChI=1S/C12H12N2O2/c1-2-7-14-8-11(12(13)15)16-10-6-4-3-5-9(10)14/h1,3-6,11H,7-8H2,(H2,13,15). The predicted octanol–water partition coefficient (Wildman–Crippen LogP) is 0.373. The lowest BCUT2D eigenvalue weighted by molar-refractivity contribution is -0.124. The summed E-state index contributed by atoms with van der Waals surface area (Å²) in [6.45, 7) is 0.834. The molecule has 0 radical (unpaired) electrons. The number of carbonyl (C=O) groups is 1. The normalized spacial score (nSPS) is 18.2. The average molecular weight is 216 g/mol. The summed E-state index contributed by atoms with van der Waals surface area (Å²) in [7, 11) is 0. The molecule has 1 aliphatic rings. The lowest BCUT2D eigenvalue weighted by Crippen LogP contribution is -2.47. The molecule has 82 valence electrons. The van der Waals surface area contributed by atoms with Gasteiger partial charge in [-0.05, 0) is 12.1 Å². The monoisotopic (exact) mass is 216 g/mol. The van der Waals surface area contributed by atoms with Gasteiger partial charge >= 0.3 is 0 Å². The van der Waals surface area contributed by atoms with E-state index in [1.54, 1.807) is 6.07 Å². The minimum atomic E-state index is -0.636. The van der Waals surface area contributed by atoms with E-state index in [-0.39, 0.29) is 0 Å². The highest BCUT2D eigenvalue weighted by Gasteiger charge is 2.28. The molecule has 0 saturated heterocycles. The molecule has 1 aliphatic heterocycles. The lowest BCUT2D eigenvalue weighted by Gasteiger charge is -2.33. The first-order valence-corrected chi connectivity index (χ1v) is 4.96. The number of hydrogen-bond acceptors (Lipinski definition) is 3. The molecule has 2 N–H and O–H groups in total. The van der Waals surface area contributed by atoms with E-state index in [0.29, 0.717) is 18.8 Å². The fraction of sp³-hybridized carbons (Fsp3) is 0.250. The van der Waals surface area contributed by atoms with Gasteiger partial charge in [-0.3, -0.25) is 4.79 Å². The second-order valence-electron chi connectivity index (χ2n) is 3.56. The highest BCUT2D eigenvalue weighted by Crippen LogP contribution is 2.32. The number of carbonyl (C=O) groups excluding carboxylic acids is 1. The van der Waals surface area contributed by atoms with Crippen molar-refractivity contribution in [3.63, 3.8) is 0 Å². The number of nitrogens with two attached hydrogens (primary N) is 1. The summed E-state index contributed by atoms with van der Waals surface area (Å²) < 4.78 is 5.49. The number of anilines is 1. The van der Waals surface area contributed by atoms with Crippen molar-refractivity contribution in [3.05, 3.63) is 24.3 Å². The molecule has 4 heteroatoms. The highest BCUT2D eigenvalue weighted by atomic mass is 16.5. The first-order valence-electron chi connectivity index (χ1n) is 4.96. The van der Waals surface area contributed by atoms with Crippen LogP contribution >= 0.6 is 0 Å². The quantitative estimate of drug-likeness (QED) is 0.727. The molecule has 0 bridgehead atoms. The van der Waals surface area contributed by atoms with Gasteiger partial charge in [-0.25, -0.2) is 0 Å². The second kappa shape index (κ2) is 4.15. The van der Waals surface area contributed by atoms with Crippen LogP contribution in [0.3, 0.4) is 0 Å². The van der Waals surface area contributed by atoms with Crippen molar-refractivity contribution in [3.8, 4) is 18.1 Å². The second-order valence-corrected chi connectivity index (χ2v) is 3.56. The van der Waals surface area contributed by atoms with E-state index in [4.69, 9.17) is 16.9 Å². The van der Waals surface area contributed by atoms with E-state index in [1.807, 2.05) is 23.1 Å². The number of rotatable bonds is 2. The number of para-hydroxylation sites is 2. The maximum atomic E-state index is 11.1. The fourth-order valence-electron chi connectivity index (χ4n) is 1.72. The summed E-state index contributed by atoms with van der Waals surface area (Å²) in [5.41, 5.74) is 6.14. The molecule has 1 heterocycles. The third kappa shape index (κ3) is 1.80. The Bertz CT molecular complexity index is 451. The molecular formula is C12H12N2O2. The van der Waals surface area contributed by atoms with Crippen LogP contribution in [-0.4, -0.2) is 25.1 Å². The van der Waals surface area contributed by atoms with Crippen molar-refractivity contribution in [1.29, 1.82) is 0 Å². The number of primary amides is 1. The number of hydrogen-bond donors (Lipinski definition) is 1. The average Bonchev–Trinajstić information content (AvgIpc) is 2.29. The lowest BCUT2D eigenvalue weighted by atomic mass is 10.2. The number of ether oxygens (including phenoxy) is 1. The van der Waals surface area contributed by atoms with Gasteiger partial charge in [-0.1, -0.05) is 18.1 Å². The Labute approximate surface area is 94.0 Å². The van der Waals surface area contributed by atoms with Crippen molar-refractivity contribution < 1.29 is 9.53 Å². The van der Waals surface area contributed by atoms with Crippen LogP contribution in [0.25, 0.3) is 0 Å². The van der Waals surface area contributed by atoms with Crippen LogP contribution in [0.2, 0.25) is 0 Å².